The first-order valence-corrected chi connectivity index (χ1v) is 7.19. The number of H-pyrrole nitrogens is 1. The van der Waals surface area contributed by atoms with Crippen LogP contribution in [0.15, 0.2) is 29.5 Å². The highest BCUT2D eigenvalue weighted by Gasteiger charge is 2.31. The Bertz CT molecular complexity index is 1030. The molecule has 0 unspecified atom stereocenters. The minimum atomic E-state index is -4.66. The number of hydrogen-bond acceptors (Lipinski definition) is 5. The molecule has 9 nitrogen and oxygen atoms in total. The van der Waals surface area contributed by atoms with Gasteiger partial charge in [0.05, 0.1) is 23.7 Å². The smallest absolute Gasteiger partial charge is 0.327 e. The van der Waals surface area contributed by atoms with Crippen molar-refractivity contribution in [2.75, 3.05) is 5.32 Å². The van der Waals surface area contributed by atoms with Crippen LogP contribution in [0.25, 0.3) is 5.69 Å². The second kappa shape index (κ2) is 6.13. The Labute approximate surface area is 143 Å². The van der Waals surface area contributed by atoms with Gasteiger partial charge in [0, 0.05) is 13.2 Å². The Morgan fingerprint density at radius 1 is 1.35 bits per heavy atom. The number of alkyl halides is 3. The van der Waals surface area contributed by atoms with Crippen LogP contribution in [0.3, 0.4) is 0 Å². The summed E-state index contributed by atoms with van der Waals surface area (Å²) >= 11 is 0. The zero-order valence-corrected chi connectivity index (χ0v) is 13.5. The highest BCUT2D eigenvalue weighted by Crippen LogP contribution is 2.29. The van der Waals surface area contributed by atoms with Crippen molar-refractivity contribution >= 4 is 11.6 Å². The number of anilines is 1. The molecule has 0 aliphatic carbocycles. The fourth-order valence-corrected chi connectivity index (χ4v) is 2.22. The first-order chi connectivity index (χ1) is 12.2. The molecule has 3 aromatic heterocycles. The molecule has 12 heteroatoms. The van der Waals surface area contributed by atoms with E-state index in [0.29, 0.717) is 23.6 Å². The molecule has 136 valence electrons. The van der Waals surface area contributed by atoms with Crippen molar-refractivity contribution in [3.8, 4) is 5.69 Å². The van der Waals surface area contributed by atoms with Gasteiger partial charge in [0.2, 0.25) is 0 Å². The fraction of sp³-hybridized carbons (Fsp3) is 0.214. The molecule has 26 heavy (non-hydrogen) atoms. The number of pyridine rings is 1. The number of nitrogens with zero attached hydrogens (tertiary/aromatic N) is 5. The summed E-state index contributed by atoms with van der Waals surface area (Å²) in [5, 5.41) is 13.7. The van der Waals surface area contributed by atoms with Gasteiger partial charge in [-0.25, -0.2) is 4.68 Å². The lowest BCUT2D eigenvalue weighted by Gasteiger charge is -2.08. The number of aromatic nitrogens is 6. The Balaban J connectivity index is 1.90. The fourth-order valence-electron chi connectivity index (χ4n) is 2.22. The highest BCUT2D eigenvalue weighted by molar-refractivity contribution is 6.03. The normalized spacial score (nSPS) is 11.6. The molecule has 0 bridgehead atoms. The summed E-state index contributed by atoms with van der Waals surface area (Å²) in [5.74, 6) is -0.859. The molecule has 3 heterocycles. The number of amides is 1. The van der Waals surface area contributed by atoms with Crippen LogP contribution in [0.5, 0.6) is 0 Å². The molecule has 0 atom stereocenters. The summed E-state index contributed by atoms with van der Waals surface area (Å²) in [4.78, 5) is 25.9. The van der Waals surface area contributed by atoms with Crippen molar-refractivity contribution in [3.63, 3.8) is 0 Å². The van der Waals surface area contributed by atoms with Crippen molar-refractivity contribution in [1.82, 2.24) is 29.8 Å². The van der Waals surface area contributed by atoms with Gasteiger partial charge >= 0.3 is 6.18 Å². The maximum atomic E-state index is 12.7. The third-order valence-electron chi connectivity index (χ3n) is 3.52. The number of halogens is 3. The molecule has 0 saturated carbocycles. The van der Waals surface area contributed by atoms with E-state index in [1.807, 2.05) is 4.98 Å². The van der Waals surface area contributed by atoms with Crippen LogP contribution in [0, 0.1) is 6.92 Å². The summed E-state index contributed by atoms with van der Waals surface area (Å²) in [6.07, 6.45) is -0.993. The Morgan fingerprint density at radius 3 is 2.69 bits per heavy atom. The summed E-state index contributed by atoms with van der Waals surface area (Å²) in [6, 6.07) is 0.553. The Morgan fingerprint density at radius 2 is 2.08 bits per heavy atom. The van der Waals surface area contributed by atoms with E-state index in [0.717, 1.165) is 0 Å². The quantitative estimate of drug-likeness (QED) is 0.724. The van der Waals surface area contributed by atoms with Crippen LogP contribution in [0.2, 0.25) is 0 Å². The van der Waals surface area contributed by atoms with E-state index in [4.69, 9.17) is 0 Å². The molecule has 0 fully saturated rings. The maximum absolute atomic E-state index is 12.7. The van der Waals surface area contributed by atoms with E-state index in [2.05, 4.69) is 20.7 Å². The minimum Gasteiger partial charge on any atom is -0.327 e. The molecule has 0 aromatic carbocycles. The topological polar surface area (TPSA) is 110 Å². The summed E-state index contributed by atoms with van der Waals surface area (Å²) in [7, 11) is 1.70. The first kappa shape index (κ1) is 17.4. The SMILES string of the molecule is Cc1c(C(=O)Nc2cc(C(F)(F)F)c[nH]c2=O)nnn1-c1cnn(C)c1. The molecule has 3 rings (SSSR count). The monoisotopic (exact) mass is 367 g/mol. The van der Waals surface area contributed by atoms with Crippen molar-refractivity contribution in [2.45, 2.75) is 13.1 Å². The molecule has 0 saturated heterocycles. The predicted octanol–water partition coefficient (Wildman–Crippen LogP) is 1.27. The minimum absolute atomic E-state index is 0.134. The molecule has 2 N–H and O–H groups in total. The van der Waals surface area contributed by atoms with Crippen LogP contribution in [0.4, 0.5) is 18.9 Å². The zero-order chi connectivity index (χ0) is 19.1. The van der Waals surface area contributed by atoms with Gasteiger partial charge in [-0.05, 0) is 13.0 Å². The van der Waals surface area contributed by atoms with Gasteiger partial charge in [0.15, 0.2) is 5.69 Å². The van der Waals surface area contributed by atoms with Crippen LogP contribution in [-0.2, 0) is 13.2 Å². The van der Waals surface area contributed by atoms with Crippen LogP contribution in [0.1, 0.15) is 21.7 Å². The zero-order valence-electron chi connectivity index (χ0n) is 13.5. The predicted molar refractivity (Wildman–Crippen MR) is 82.9 cm³/mol. The molecule has 0 spiro atoms. The van der Waals surface area contributed by atoms with E-state index < -0.39 is 28.9 Å². The summed E-state index contributed by atoms with van der Waals surface area (Å²) in [5.41, 5.74) is -1.76. The summed E-state index contributed by atoms with van der Waals surface area (Å²) < 4.78 is 41.1. The average molecular weight is 367 g/mol. The second-order valence-corrected chi connectivity index (χ2v) is 5.39. The maximum Gasteiger partial charge on any atom is 0.417 e. The molecule has 0 aliphatic heterocycles. The summed E-state index contributed by atoms with van der Waals surface area (Å²) in [6.45, 7) is 1.55. The van der Waals surface area contributed by atoms with Gasteiger partial charge in [-0.1, -0.05) is 5.21 Å². The molecule has 1 amide bonds. The lowest BCUT2D eigenvalue weighted by atomic mass is 10.2. The molecular weight excluding hydrogens is 355 g/mol. The second-order valence-electron chi connectivity index (χ2n) is 5.39. The van der Waals surface area contributed by atoms with Gasteiger partial charge in [0.25, 0.3) is 11.5 Å². The molecule has 0 radical (unpaired) electrons. The van der Waals surface area contributed by atoms with E-state index in [1.54, 1.807) is 20.2 Å². The number of rotatable bonds is 3. The number of aryl methyl sites for hydroxylation is 1. The largest absolute Gasteiger partial charge is 0.417 e. The number of aromatic amines is 1. The van der Waals surface area contributed by atoms with Crippen LogP contribution < -0.4 is 10.9 Å². The standard InChI is InChI=1S/C14H12F3N7O2/c1-7-11(21-22-24(7)9-5-19-23(2)6-9)13(26)20-10-3-8(14(15,16)17)4-18-12(10)25/h3-6H,1-2H3,(H,18,25)(H,20,26). The van der Waals surface area contributed by atoms with E-state index in [1.165, 1.54) is 15.6 Å². The van der Waals surface area contributed by atoms with Crippen molar-refractivity contribution < 1.29 is 18.0 Å². The Kier molecular flexibility index (Phi) is 4.10. The van der Waals surface area contributed by atoms with Crippen molar-refractivity contribution in [3.05, 3.63) is 52.0 Å². The van der Waals surface area contributed by atoms with E-state index in [-0.39, 0.29) is 5.69 Å². The van der Waals surface area contributed by atoms with Gasteiger partial charge < -0.3 is 10.3 Å². The van der Waals surface area contributed by atoms with Crippen LogP contribution >= 0.6 is 0 Å². The van der Waals surface area contributed by atoms with Gasteiger partial charge in [0.1, 0.15) is 11.4 Å². The first-order valence-electron chi connectivity index (χ1n) is 7.19. The van der Waals surface area contributed by atoms with Gasteiger partial charge in [-0.2, -0.15) is 18.3 Å². The van der Waals surface area contributed by atoms with E-state index >= 15 is 0 Å². The van der Waals surface area contributed by atoms with E-state index in [9.17, 15) is 22.8 Å². The lowest BCUT2D eigenvalue weighted by Crippen LogP contribution is -2.22. The number of hydrogen-bond donors (Lipinski definition) is 2. The van der Waals surface area contributed by atoms with Crippen molar-refractivity contribution in [1.29, 1.82) is 0 Å². The van der Waals surface area contributed by atoms with Gasteiger partial charge in [-0.3, -0.25) is 14.3 Å². The number of nitrogens with one attached hydrogen (secondary N) is 2. The van der Waals surface area contributed by atoms with Crippen molar-refractivity contribution in [2.24, 2.45) is 7.05 Å². The molecule has 0 aliphatic rings. The third kappa shape index (κ3) is 3.20. The molecular formula is C14H12F3N7O2. The highest BCUT2D eigenvalue weighted by atomic mass is 19.4. The average Bonchev–Trinajstić information content (AvgIpc) is 3.14. The molecule has 3 aromatic rings. The van der Waals surface area contributed by atoms with Crippen LogP contribution in [-0.4, -0.2) is 35.7 Å². The number of carbonyl (C=O) groups is 1. The number of carbonyl (C=O) groups excluding carboxylic acids is 1. The third-order valence-corrected chi connectivity index (χ3v) is 3.52. The Hall–Kier alpha value is -3.44. The van der Waals surface area contributed by atoms with Gasteiger partial charge in [-0.15, -0.1) is 5.10 Å². The lowest BCUT2D eigenvalue weighted by molar-refractivity contribution is -0.137.